The molecule has 1 aliphatic heterocycles. The number of carbonyl (C=O) groups is 1. The molecule has 68 valence electrons. The molecule has 2 rings (SSSR count). The van der Waals surface area contributed by atoms with Crippen LogP contribution in [0.15, 0.2) is 16.6 Å². The maximum Gasteiger partial charge on any atom is 0.171 e. The van der Waals surface area contributed by atoms with Crippen LogP contribution in [-0.2, 0) is 0 Å². The Balaban J connectivity index is 2.63. The average molecular weight is 262 g/mol. The Kier molecular flexibility index (Phi) is 2.30. The summed E-state index contributed by atoms with van der Waals surface area (Å²) in [6, 6.07) is 3.37. The van der Waals surface area contributed by atoms with E-state index >= 15 is 0 Å². The van der Waals surface area contributed by atoms with Crippen molar-refractivity contribution in [1.29, 1.82) is 0 Å². The van der Waals surface area contributed by atoms with E-state index in [1.54, 1.807) is 12.1 Å². The Morgan fingerprint density at radius 1 is 1.46 bits per heavy atom. The summed E-state index contributed by atoms with van der Waals surface area (Å²) < 4.78 is 6.03. The molecule has 0 spiro atoms. The van der Waals surface area contributed by atoms with Crippen molar-refractivity contribution in [2.45, 2.75) is 6.42 Å². The highest BCUT2D eigenvalue weighted by Crippen LogP contribution is 2.34. The van der Waals surface area contributed by atoms with Gasteiger partial charge in [-0.3, -0.25) is 4.79 Å². The van der Waals surface area contributed by atoms with Gasteiger partial charge in [-0.2, -0.15) is 0 Å². The number of hydrogen-bond acceptors (Lipinski definition) is 2. The summed E-state index contributed by atoms with van der Waals surface area (Å²) >= 11 is 9.10. The number of halogens is 2. The van der Waals surface area contributed by atoms with Gasteiger partial charge in [0.2, 0.25) is 0 Å². The maximum absolute atomic E-state index is 11.5. The van der Waals surface area contributed by atoms with E-state index in [0.29, 0.717) is 33.8 Å². The van der Waals surface area contributed by atoms with E-state index in [-0.39, 0.29) is 5.78 Å². The van der Waals surface area contributed by atoms with Gasteiger partial charge in [-0.05, 0) is 28.1 Å². The second kappa shape index (κ2) is 3.31. The van der Waals surface area contributed by atoms with Crippen molar-refractivity contribution in [2.75, 3.05) is 6.61 Å². The molecule has 0 radical (unpaired) electrons. The molecular formula is C9H6BrClO2. The minimum atomic E-state index is 0.102. The van der Waals surface area contributed by atoms with E-state index < -0.39 is 0 Å². The number of rotatable bonds is 0. The van der Waals surface area contributed by atoms with Gasteiger partial charge >= 0.3 is 0 Å². The number of ether oxygens (including phenoxy) is 1. The van der Waals surface area contributed by atoms with Crippen molar-refractivity contribution in [3.63, 3.8) is 0 Å². The van der Waals surface area contributed by atoms with Crippen LogP contribution in [0.25, 0.3) is 0 Å². The van der Waals surface area contributed by atoms with Gasteiger partial charge in [-0.1, -0.05) is 11.6 Å². The Labute approximate surface area is 89.0 Å². The lowest BCUT2D eigenvalue weighted by atomic mass is 10.1. The molecule has 0 saturated heterocycles. The second-order valence-electron chi connectivity index (χ2n) is 2.78. The molecule has 1 aliphatic rings. The number of hydrogen-bond donors (Lipinski definition) is 0. The number of ketones is 1. The van der Waals surface area contributed by atoms with Crippen LogP contribution in [-0.4, -0.2) is 12.4 Å². The van der Waals surface area contributed by atoms with Crippen LogP contribution in [0, 0.1) is 0 Å². The van der Waals surface area contributed by atoms with Crippen molar-refractivity contribution in [3.8, 4) is 5.75 Å². The Morgan fingerprint density at radius 2 is 2.23 bits per heavy atom. The number of carbonyl (C=O) groups excluding carboxylic acids is 1. The zero-order valence-electron chi connectivity index (χ0n) is 6.64. The second-order valence-corrected chi connectivity index (χ2v) is 4.07. The van der Waals surface area contributed by atoms with E-state index in [2.05, 4.69) is 15.9 Å². The molecular weight excluding hydrogens is 255 g/mol. The summed E-state index contributed by atoms with van der Waals surface area (Å²) in [6.07, 6.45) is 0.438. The third kappa shape index (κ3) is 1.58. The van der Waals surface area contributed by atoms with Crippen molar-refractivity contribution >= 4 is 33.3 Å². The zero-order valence-corrected chi connectivity index (χ0v) is 8.98. The largest absolute Gasteiger partial charge is 0.492 e. The van der Waals surface area contributed by atoms with E-state index in [9.17, 15) is 4.79 Å². The fourth-order valence-corrected chi connectivity index (χ4v) is 2.32. The van der Waals surface area contributed by atoms with Gasteiger partial charge in [0.15, 0.2) is 5.78 Å². The molecule has 1 aromatic rings. The first-order chi connectivity index (χ1) is 6.18. The van der Waals surface area contributed by atoms with Crippen LogP contribution < -0.4 is 4.74 Å². The third-order valence-corrected chi connectivity index (χ3v) is 2.73. The molecule has 1 aromatic carbocycles. The number of Topliss-reactive ketones (excluding diaryl/α,β-unsaturated/α-hetero) is 1. The Bertz CT molecular complexity index is 376. The van der Waals surface area contributed by atoms with Gasteiger partial charge in [0.25, 0.3) is 0 Å². The number of benzene rings is 1. The van der Waals surface area contributed by atoms with E-state index in [0.717, 1.165) is 0 Å². The topological polar surface area (TPSA) is 26.3 Å². The summed E-state index contributed by atoms with van der Waals surface area (Å²) in [5.74, 6) is 0.681. The van der Waals surface area contributed by atoms with Crippen molar-refractivity contribution in [2.24, 2.45) is 0 Å². The highest BCUT2D eigenvalue weighted by Gasteiger charge is 2.21. The molecule has 0 saturated carbocycles. The molecule has 0 unspecified atom stereocenters. The normalized spacial score (nSPS) is 15.1. The first-order valence-electron chi connectivity index (χ1n) is 3.83. The monoisotopic (exact) mass is 260 g/mol. The van der Waals surface area contributed by atoms with Gasteiger partial charge in [0, 0.05) is 15.9 Å². The van der Waals surface area contributed by atoms with Gasteiger partial charge in [-0.15, -0.1) is 0 Å². The maximum atomic E-state index is 11.5. The van der Waals surface area contributed by atoms with Gasteiger partial charge < -0.3 is 4.74 Å². The third-order valence-electron chi connectivity index (χ3n) is 1.88. The van der Waals surface area contributed by atoms with Crippen LogP contribution in [0.3, 0.4) is 0 Å². The van der Waals surface area contributed by atoms with Crippen LogP contribution in [0.2, 0.25) is 5.02 Å². The molecule has 0 aromatic heterocycles. The summed E-state index contributed by atoms with van der Waals surface area (Å²) in [5, 5.41) is 0.570. The summed E-state index contributed by atoms with van der Waals surface area (Å²) in [5.41, 5.74) is 0.607. The molecule has 2 nitrogen and oxygen atoms in total. The van der Waals surface area contributed by atoms with Crippen molar-refractivity contribution in [3.05, 3.63) is 27.2 Å². The lowest BCUT2D eigenvalue weighted by Crippen LogP contribution is -2.15. The molecule has 0 amide bonds. The average Bonchev–Trinajstić information content (AvgIpc) is 2.02. The Morgan fingerprint density at radius 3 is 3.00 bits per heavy atom. The SMILES string of the molecule is O=C1CCOc2cc(Cl)cc(Br)c21. The minimum Gasteiger partial charge on any atom is -0.492 e. The fourth-order valence-electron chi connectivity index (χ4n) is 1.31. The fraction of sp³-hybridized carbons (Fsp3) is 0.222. The summed E-state index contributed by atoms with van der Waals surface area (Å²) in [4.78, 5) is 11.5. The molecule has 4 heteroatoms. The lowest BCUT2D eigenvalue weighted by molar-refractivity contribution is 0.0932. The van der Waals surface area contributed by atoms with E-state index in [1.807, 2.05) is 0 Å². The zero-order chi connectivity index (χ0) is 9.42. The predicted molar refractivity (Wildman–Crippen MR) is 53.6 cm³/mol. The quantitative estimate of drug-likeness (QED) is 0.717. The van der Waals surface area contributed by atoms with Crippen molar-refractivity contribution < 1.29 is 9.53 Å². The summed E-state index contributed by atoms with van der Waals surface area (Å²) in [6.45, 7) is 0.443. The molecule has 13 heavy (non-hydrogen) atoms. The highest BCUT2D eigenvalue weighted by atomic mass is 79.9. The van der Waals surface area contributed by atoms with Gasteiger partial charge in [-0.25, -0.2) is 0 Å². The van der Waals surface area contributed by atoms with Crippen LogP contribution >= 0.6 is 27.5 Å². The van der Waals surface area contributed by atoms with E-state index in [4.69, 9.17) is 16.3 Å². The lowest BCUT2D eigenvalue weighted by Gasteiger charge is -2.17. The molecule has 0 bridgehead atoms. The first-order valence-corrected chi connectivity index (χ1v) is 5.00. The van der Waals surface area contributed by atoms with Crippen LogP contribution in [0.5, 0.6) is 5.75 Å². The molecule has 0 N–H and O–H groups in total. The van der Waals surface area contributed by atoms with Crippen LogP contribution in [0.1, 0.15) is 16.8 Å². The van der Waals surface area contributed by atoms with Crippen LogP contribution in [0.4, 0.5) is 0 Å². The van der Waals surface area contributed by atoms with Crippen molar-refractivity contribution in [1.82, 2.24) is 0 Å². The smallest absolute Gasteiger partial charge is 0.171 e. The summed E-state index contributed by atoms with van der Waals surface area (Å²) in [7, 11) is 0. The standard InChI is InChI=1S/C9H6BrClO2/c10-6-3-5(11)4-8-9(6)7(12)1-2-13-8/h3-4H,1-2H2. The minimum absolute atomic E-state index is 0.102. The molecule has 0 fully saturated rings. The highest BCUT2D eigenvalue weighted by molar-refractivity contribution is 9.10. The predicted octanol–water partition coefficient (Wildman–Crippen LogP) is 3.07. The molecule has 0 aliphatic carbocycles. The van der Waals surface area contributed by atoms with Gasteiger partial charge in [0.05, 0.1) is 12.2 Å². The molecule has 1 heterocycles. The Hall–Kier alpha value is -0.540. The first kappa shape index (κ1) is 9.03. The van der Waals surface area contributed by atoms with Gasteiger partial charge in [0.1, 0.15) is 5.75 Å². The number of fused-ring (bicyclic) bond motifs is 1. The van der Waals surface area contributed by atoms with E-state index in [1.165, 1.54) is 0 Å². The molecule has 0 atom stereocenters.